The highest BCUT2D eigenvalue weighted by atomic mass is 16.4. The number of aliphatic carboxylic acids is 1. The molecule has 0 aliphatic carbocycles. The number of benzene rings is 1. The van der Waals surface area contributed by atoms with Crippen LogP contribution in [0.2, 0.25) is 0 Å². The monoisotopic (exact) mass is 243 g/mol. The number of hydrogen-bond acceptors (Lipinski definition) is 4. The third kappa shape index (κ3) is 3.28. The molecule has 1 unspecified atom stereocenters. The second kappa shape index (κ2) is 5.77. The van der Waals surface area contributed by atoms with E-state index in [0.717, 1.165) is 5.56 Å². The first-order chi connectivity index (χ1) is 8.75. The van der Waals surface area contributed by atoms with Gasteiger partial charge in [0.05, 0.1) is 0 Å². The largest absolute Gasteiger partial charge is 0.480 e. The maximum Gasteiger partial charge on any atom is 0.326 e. The van der Waals surface area contributed by atoms with Gasteiger partial charge >= 0.3 is 5.97 Å². The zero-order valence-electron chi connectivity index (χ0n) is 9.65. The van der Waals surface area contributed by atoms with Crippen LogP contribution in [0.15, 0.2) is 48.8 Å². The number of nitrogens with zero attached hydrogens (tertiary/aromatic N) is 2. The predicted molar refractivity (Wildman–Crippen MR) is 67.2 cm³/mol. The highest BCUT2D eigenvalue weighted by Gasteiger charge is 2.18. The third-order valence-electron chi connectivity index (χ3n) is 2.45. The molecule has 5 nitrogen and oxygen atoms in total. The summed E-state index contributed by atoms with van der Waals surface area (Å²) in [5.74, 6) is -0.605. The van der Waals surface area contributed by atoms with Crippen LogP contribution >= 0.6 is 0 Å². The van der Waals surface area contributed by atoms with E-state index in [4.69, 9.17) is 0 Å². The fourth-order valence-corrected chi connectivity index (χ4v) is 1.58. The Morgan fingerprint density at radius 1 is 1.17 bits per heavy atom. The molecule has 0 spiro atoms. The van der Waals surface area contributed by atoms with E-state index < -0.39 is 12.0 Å². The molecule has 0 saturated carbocycles. The number of carbonyl (C=O) groups is 1. The topological polar surface area (TPSA) is 75.1 Å². The molecule has 0 amide bonds. The van der Waals surface area contributed by atoms with Gasteiger partial charge in [0, 0.05) is 18.8 Å². The van der Waals surface area contributed by atoms with Crippen molar-refractivity contribution in [2.45, 2.75) is 12.5 Å². The van der Waals surface area contributed by atoms with Gasteiger partial charge in [-0.05, 0) is 11.6 Å². The highest BCUT2D eigenvalue weighted by molar-refractivity contribution is 5.76. The quantitative estimate of drug-likeness (QED) is 0.834. The van der Waals surface area contributed by atoms with E-state index in [1.807, 2.05) is 30.3 Å². The molecule has 1 atom stereocenters. The summed E-state index contributed by atoms with van der Waals surface area (Å²) in [5, 5.41) is 12.0. The minimum Gasteiger partial charge on any atom is -0.480 e. The molecular weight excluding hydrogens is 230 g/mol. The molecule has 2 aromatic rings. The van der Waals surface area contributed by atoms with Crippen LogP contribution in [0.1, 0.15) is 5.56 Å². The van der Waals surface area contributed by atoms with Crippen molar-refractivity contribution in [3.63, 3.8) is 0 Å². The summed E-state index contributed by atoms with van der Waals surface area (Å²) < 4.78 is 0. The second-order valence-corrected chi connectivity index (χ2v) is 3.80. The molecule has 0 fully saturated rings. The molecule has 2 rings (SSSR count). The van der Waals surface area contributed by atoms with Crippen LogP contribution in [0.4, 0.5) is 5.95 Å². The van der Waals surface area contributed by atoms with Gasteiger partial charge in [-0.25, -0.2) is 14.8 Å². The molecule has 5 heteroatoms. The van der Waals surface area contributed by atoms with Gasteiger partial charge in [-0.15, -0.1) is 0 Å². The maximum absolute atomic E-state index is 11.2. The lowest BCUT2D eigenvalue weighted by molar-refractivity contribution is -0.137. The van der Waals surface area contributed by atoms with Crippen molar-refractivity contribution in [1.82, 2.24) is 9.97 Å². The maximum atomic E-state index is 11.2. The molecule has 92 valence electrons. The molecule has 1 aromatic heterocycles. The number of hydrogen-bond donors (Lipinski definition) is 2. The van der Waals surface area contributed by atoms with Crippen molar-refractivity contribution < 1.29 is 9.90 Å². The van der Waals surface area contributed by atoms with Gasteiger partial charge in [0.15, 0.2) is 0 Å². The van der Waals surface area contributed by atoms with Gasteiger partial charge in [-0.3, -0.25) is 0 Å². The fraction of sp³-hybridized carbons (Fsp3) is 0.154. The standard InChI is InChI=1S/C13H13N3O2/c17-12(18)11(9-10-5-2-1-3-6-10)16-13-14-7-4-8-15-13/h1-8,11H,9H2,(H,17,18)(H,14,15,16). The minimum absolute atomic E-state index is 0.320. The first-order valence-electron chi connectivity index (χ1n) is 5.56. The Labute approximate surface area is 105 Å². The molecular formula is C13H13N3O2. The van der Waals surface area contributed by atoms with Crippen molar-refractivity contribution >= 4 is 11.9 Å². The van der Waals surface area contributed by atoms with Crippen LogP contribution in [-0.2, 0) is 11.2 Å². The number of carboxylic acids is 1. The second-order valence-electron chi connectivity index (χ2n) is 3.80. The molecule has 1 aromatic carbocycles. The van der Waals surface area contributed by atoms with Crippen molar-refractivity contribution in [3.05, 3.63) is 54.4 Å². The van der Waals surface area contributed by atoms with Crippen molar-refractivity contribution in [3.8, 4) is 0 Å². The lowest BCUT2D eigenvalue weighted by Crippen LogP contribution is -2.32. The summed E-state index contributed by atoms with van der Waals surface area (Å²) >= 11 is 0. The Balaban J connectivity index is 2.08. The van der Waals surface area contributed by atoms with Gasteiger partial charge in [0.25, 0.3) is 0 Å². The molecule has 1 heterocycles. The van der Waals surface area contributed by atoms with Gasteiger partial charge < -0.3 is 10.4 Å². The number of aromatic nitrogens is 2. The first-order valence-corrected chi connectivity index (χ1v) is 5.56. The van der Waals surface area contributed by atoms with E-state index in [1.54, 1.807) is 18.5 Å². The van der Waals surface area contributed by atoms with Crippen LogP contribution in [0.3, 0.4) is 0 Å². The molecule has 0 bridgehead atoms. The average molecular weight is 243 g/mol. The summed E-state index contributed by atoms with van der Waals surface area (Å²) in [7, 11) is 0. The summed E-state index contributed by atoms with van der Waals surface area (Å²) in [4.78, 5) is 19.1. The number of carboxylic acid groups (broad SMARTS) is 1. The Bertz CT molecular complexity index is 461. The van der Waals surface area contributed by atoms with Gasteiger partial charge in [0.1, 0.15) is 6.04 Å². The van der Waals surface area contributed by atoms with E-state index in [9.17, 15) is 9.90 Å². The average Bonchev–Trinajstić information content (AvgIpc) is 2.40. The fourth-order valence-electron chi connectivity index (χ4n) is 1.58. The SMILES string of the molecule is O=C(O)C(Cc1ccccc1)Nc1ncccn1. The number of nitrogens with one attached hydrogen (secondary N) is 1. The van der Waals surface area contributed by atoms with Crippen LogP contribution in [-0.4, -0.2) is 27.1 Å². The zero-order chi connectivity index (χ0) is 12.8. The van der Waals surface area contributed by atoms with E-state index in [2.05, 4.69) is 15.3 Å². The van der Waals surface area contributed by atoms with E-state index in [1.165, 1.54) is 0 Å². The van der Waals surface area contributed by atoms with Crippen molar-refractivity contribution in [1.29, 1.82) is 0 Å². The smallest absolute Gasteiger partial charge is 0.326 e. The zero-order valence-corrected chi connectivity index (χ0v) is 9.65. The Kier molecular flexibility index (Phi) is 3.86. The minimum atomic E-state index is -0.925. The molecule has 2 N–H and O–H groups in total. The van der Waals surface area contributed by atoms with Gasteiger partial charge in [-0.1, -0.05) is 30.3 Å². The summed E-state index contributed by atoms with van der Waals surface area (Å²) in [6.45, 7) is 0. The molecule has 0 aliphatic heterocycles. The lowest BCUT2D eigenvalue weighted by Gasteiger charge is -2.14. The number of anilines is 1. The van der Waals surface area contributed by atoms with Crippen LogP contribution in [0.5, 0.6) is 0 Å². The van der Waals surface area contributed by atoms with Crippen LogP contribution in [0, 0.1) is 0 Å². The first kappa shape index (κ1) is 12.0. The molecule has 0 aliphatic rings. The molecule has 0 saturated heterocycles. The highest BCUT2D eigenvalue weighted by Crippen LogP contribution is 2.07. The van der Waals surface area contributed by atoms with Gasteiger partial charge in [-0.2, -0.15) is 0 Å². The van der Waals surface area contributed by atoms with Crippen LogP contribution < -0.4 is 5.32 Å². The number of rotatable bonds is 5. The van der Waals surface area contributed by atoms with Crippen molar-refractivity contribution in [2.75, 3.05) is 5.32 Å². The van der Waals surface area contributed by atoms with Gasteiger partial charge in [0.2, 0.25) is 5.95 Å². The summed E-state index contributed by atoms with van der Waals surface area (Å²) in [6.07, 6.45) is 3.52. The van der Waals surface area contributed by atoms with E-state index >= 15 is 0 Å². The molecule has 18 heavy (non-hydrogen) atoms. The third-order valence-corrected chi connectivity index (χ3v) is 2.45. The van der Waals surface area contributed by atoms with E-state index in [0.29, 0.717) is 12.4 Å². The summed E-state index contributed by atoms with van der Waals surface area (Å²) in [5.41, 5.74) is 0.952. The summed E-state index contributed by atoms with van der Waals surface area (Å²) in [6, 6.07) is 10.4. The molecule has 0 radical (unpaired) electrons. The Morgan fingerprint density at radius 2 is 1.83 bits per heavy atom. The normalized spacial score (nSPS) is 11.8. The Hall–Kier alpha value is -2.43. The Morgan fingerprint density at radius 3 is 2.44 bits per heavy atom. The van der Waals surface area contributed by atoms with Crippen LogP contribution in [0.25, 0.3) is 0 Å². The lowest BCUT2D eigenvalue weighted by atomic mass is 10.1. The van der Waals surface area contributed by atoms with E-state index in [-0.39, 0.29) is 0 Å². The van der Waals surface area contributed by atoms with Crippen molar-refractivity contribution in [2.24, 2.45) is 0 Å². The predicted octanol–water partition coefficient (Wildman–Crippen LogP) is 1.58.